The van der Waals surface area contributed by atoms with Crippen LogP contribution >= 0.6 is 0 Å². The number of para-hydroxylation sites is 2. The molecule has 0 unspecified atom stereocenters. The standard InChI is InChI=1S/C26H29N3O6S/c1-19(25(30)28-24-12-8-7-11-23(24)26(31)27-17-18-34-2)29(36(3,32)33)20-13-15-22(16-14-20)35-21-9-5-4-6-10-21/h4-16,19H,17-18H2,1-3H3,(H,27,31)(H,28,30)/t19-/m0/s1. The summed E-state index contributed by atoms with van der Waals surface area (Å²) in [5.74, 6) is 0.179. The van der Waals surface area contributed by atoms with E-state index in [-0.39, 0.29) is 17.2 Å². The minimum Gasteiger partial charge on any atom is -0.457 e. The number of nitrogens with one attached hydrogen (secondary N) is 2. The lowest BCUT2D eigenvalue weighted by atomic mass is 10.1. The van der Waals surface area contributed by atoms with E-state index in [2.05, 4.69) is 10.6 Å². The number of hydrogen-bond acceptors (Lipinski definition) is 6. The van der Waals surface area contributed by atoms with Crippen LogP contribution in [0.15, 0.2) is 78.9 Å². The first kappa shape index (κ1) is 26.7. The van der Waals surface area contributed by atoms with Crippen molar-refractivity contribution in [3.63, 3.8) is 0 Å². The van der Waals surface area contributed by atoms with Gasteiger partial charge in [0.15, 0.2) is 0 Å². The van der Waals surface area contributed by atoms with Gasteiger partial charge in [0.25, 0.3) is 5.91 Å². The highest BCUT2D eigenvalue weighted by Crippen LogP contribution is 2.27. The number of carbonyl (C=O) groups excluding carboxylic acids is 2. The van der Waals surface area contributed by atoms with Crippen LogP contribution in [0.2, 0.25) is 0 Å². The number of amides is 2. The molecule has 9 nitrogen and oxygen atoms in total. The van der Waals surface area contributed by atoms with Crippen molar-refractivity contribution in [1.82, 2.24) is 5.32 Å². The number of rotatable bonds is 11. The van der Waals surface area contributed by atoms with Crippen molar-refractivity contribution >= 4 is 33.2 Å². The molecule has 10 heteroatoms. The second kappa shape index (κ2) is 12.2. The average molecular weight is 512 g/mol. The molecule has 1 atom stereocenters. The third-order valence-corrected chi connectivity index (χ3v) is 6.42. The third kappa shape index (κ3) is 7.06. The molecule has 190 valence electrons. The zero-order valence-electron chi connectivity index (χ0n) is 20.3. The summed E-state index contributed by atoms with van der Waals surface area (Å²) in [6, 6.07) is 21.0. The van der Waals surface area contributed by atoms with Crippen LogP contribution in [0.3, 0.4) is 0 Å². The van der Waals surface area contributed by atoms with E-state index in [0.29, 0.717) is 30.3 Å². The highest BCUT2D eigenvalue weighted by atomic mass is 32.2. The van der Waals surface area contributed by atoms with Crippen LogP contribution in [0.1, 0.15) is 17.3 Å². The molecular formula is C26H29N3O6S. The Hall–Kier alpha value is -3.89. The van der Waals surface area contributed by atoms with Crippen molar-refractivity contribution in [3.8, 4) is 11.5 Å². The van der Waals surface area contributed by atoms with Gasteiger partial charge in [0.2, 0.25) is 15.9 Å². The van der Waals surface area contributed by atoms with E-state index < -0.39 is 22.0 Å². The molecule has 2 amide bonds. The molecule has 3 aromatic carbocycles. The summed E-state index contributed by atoms with van der Waals surface area (Å²) in [6.45, 7) is 2.13. The van der Waals surface area contributed by atoms with Crippen LogP contribution in [-0.2, 0) is 19.6 Å². The number of benzene rings is 3. The molecule has 0 aromatic heterocycles. The molecule has 0 fully saturated rings. The first-order valence-corrected chi connectivity index (χ1v) is 13.0. The lowest BCUT2D eigenvalue weighted by Crippen LogP contribution is -2.45. The van der Waals surface area contributed by atoms with Crippen LogP contribution in [0.4, 0.5) is 11.4 Å². The third-order valence-electron chi connectivity index (χ3n) is 5.18. The fourth-order valence-electron chi connectivity index (χ4n) is 3.48. The van der Waals surface area contributed by atoms with E-state index in [1.807, 2.05) is 18.2 Å². The fourth-order valence-corrected chi connectivity index (χ4v) is 4.66. The second-order valence-corrected chi connectivity index (χ2v) is 9.79. The van der Waals surface area contributed by atoms with Crippen LogP contribution < -0.4 is 19.7 Å². The predicted molar refractivity (Wildman–Crippen MR) is 139 cm³/mol. The van der Waals surface area contributed by atoms with Crippen LogP contribution in [0, 0.1) is 0 Å². The maximum atomic E-state index is 13.1. The van der Waals surface area contributed by atoms with Gasteiger partial charge in [-0.15, -0.1) is 0 Å². The topological polar surface area (TPSA) is 114 Å². The SMILES string of the molecule is COCCNC(=O)c1ccccc1NC(=O)[C@H](C)N(c1ccc(Oc2ccccc2)cc1)S(C)(=O)=O. The van der Waals surface area contributed by atoms with Gasteiger partial charge in [0, 0.05) is 13.7 Å². The summed E-state index contributed by atoms with van der Waals surface area (Å²) in [6.07, 6.45) is 1.03. The monoisotopic (exact) mass is 511 g/mol. The summed E-state index contributed by atoms with van der Waals surface area (Å²) < 4.78 is 37.1. The largest absolute Gasteiger partial charge is 0.457 e. The van der Waals surface area contributed by atoms with E-state index in [1.54, 1.807) is 60.7 Å². The zero-order valence-corrected chi connectivity index (χ0v) is 21.1. The van der Waals surface area contributed by atoms with E-state index >= 15 is 0 Å². The van der Waals surface area contributed by atoms with E-state index in [9.17, 15) is 18.0 Å². The molecule has 2 N–H and O–H groups in total. The molecule has 0 saturated heterocycles. The van der Waals surface area contributed by atoms with Crippen molar-refractivity contribution in [1.29, 1.82) is 0 Å². The molecule has 3 rings (SSSR count). The Bertz CT molecular complexity index is 1280. The number of hydrogen-bond donors (Lipinski definition) is 2. The smallest absolute Gasteiger partial charge is 0.253 e. The first-order chi connectivity index (χ1) is 17.2. The van der Waals surface area contributed by atoms with Gasteiger partial charge in [0.05, 0.1) is 29.8 Å². The lowest BCUT2D eigenvalue weighted by molar-refractivity contribution is -0.116. The Morgan fingerprint density at radius 2 is 1.53 bits per heavy atom. The molecule has 3 aromatic rings. The summed E-state index contributed by atoms with van der Waals surface area (Å²) in [4.78, 5) is 25.7. The highest BCUT2D eigenvalue weighted by Gasteiger charge is 2.30. The molecule has 0 aliphatic carbocycles. The van der Waals surface area contributed by atoms with Crippen molar-refractivity contribution in [2.45, 2.75) is 13.0 Å². The van der Waals surface area contributed by atoms with Gasteiger partial charge >= 0.3 is 0 Å². The number of methoxy groups -OCH3 is 1. The Morgan fingerprint density at radius 1 is 0.917 bits per heavy atom. The predicted octanol–water partition coefficient (Wildman–Crippen LogP) is 3.65. The molecule has 0 heterocycles. The first-order valence-electron chi connectivity index (χ1n) is 11.2. The van der Waals surface area contributed by atoms with E-state index in [4.69, 9.17) is 9.47 Å². The van der Waals surface area contributed by atoms with Gasteiger partial charge in [-0.3, -0.25) is 13.9 Å². The summed E-state index contributed by atoms with van der Waals surface area (Å²) >= 11 is 0. The molecule has 0 bridgehead atoms. The Kier molecular flexibility index (Phi) is 9.04. The van der Waals surface area contributed by atoms with Gasteiger partial charge in [-0.2, -0.15) is 0 Å². The number of carbonyl (C=O) groups is 2. The van der Waals surface area contributed by atoms with Crippen LogP contribution in [-0.4, -0.2) is 52.8 Å². The van der Waals surface area contributed by atoms with Gasteiger partial charge in [0.1, 0.15) is 17.5 Å². The van der Waals surface area contributed by atoms with Crippen molar-refractivity contribution < 1.29 is 27.5 Å². The average Bonchev–Trinajstić information content (AvgIpc) is 2.85. The number of nitrogens with zero attached hydrogens (tertiary/aromatic N) is 1. The minimum absolute atomic E-state index is 0.252. The number of ether oxygens (including phenoxy) is 2. The fraction of sp³-hybridized carbons (Fsp3) is 0.231. The summed E-state index contributed by atoms with van der Waals surface area (Å²) in [7, 11) is -2.30. The van der Waals surface area contributed by atoms with Crippen molar-refractivity contribution in [3.05, 3.63) is 84.4 Å². The second-order valence-electron chi connectivity index (χ2n) is 7.93. The van der Waals surface area contributed by atoms with Gasteiger partial charge in [-0.05, 0) is 55.5 Å². The van der Waals surface area contributed by atoms with Crippen LogP contribution in [0.25, 0.3) is 0 Å². The quantitative estimate of drug-likeness (QED) is 0.380. The Morgan fingerprint density at radius 3 is 2.17 bits per heavy atom. The lowest BCUT2D eigenvalue weighted by Gasteiger charge is -2.28. The Labute approximate surface area is 211 Å². The normalized spacial score (nSPS) is 11.9. The molecule has 0 radical (unpaired) electrons. The molecule has 36 heavy (non-hydrogen) atoms. The maximum absolute atomic E-state index is 13.1. The zero-order chi connectivity index (χ0) is 26.1. The Balaban J connectivity index is 1.78. The van der Waals surface area contributed by atoms with Crippen molar-refractivity contribution in [2.24, 2.45) is 0 Å². The molecule has 0 spiro atoms. The van der Waals surface area contributed by atoms with Gasteiger partial charge in [-0.1, -0.05) is 30.3 Å². The summed E-state index contributed by atoms with van der Waals surface area (Å²) in [5.41, 5.74) is 0.818. The maximum Gasteiger partial charge on any atom is 0.253 e. The van der Waals surface area contributed by atoms with Crippen LogP contribution in [0.5, 0.6) is 11.5 Å². The van der Waals surface area contributed by atoms with Crippen molar-refractivity contribution in [2.75, 3.05) is 36.1 Å². The minimum atomic E-state index is -3.83. The molecule has 0 aliphatic heterocycles. The number of sulfonamides is 1. The van der Waals surface area contributed by atoms with Gasteiger partial charge in [-0.25, -0.2) is 8.42 Å². The van der Waals surface area contributed by atoms with Gasteiger partial charge < -0.3 is 20.1 Å². The van der Waals surface area contributed by atoms with E-state index in [1.165, 1.54) is 14.0 Å². The molecular weight excluding hydrogens is 482 g/mol. The molecule has 0 saturated carbocycles. The summed E-state index contributed by atoms with van der Waals surface area (Å²) in [5, 5.41) is 5.39. The molecule has 0 aliphatic rings. The number of anilines is 2. The van der Waals surface area contributed by atoms with E-state index in [0.717, 1.165) is 10.6 Å². The highest BCUT2D eigenvalue weighted by molar-refractivity contribution is 7.92.